The molecule has 0 aliphatic heterocycles. The Hall–Kier alpha value is -1.37. The zero-order chi connectivity index (χ0) is 22.4. The highest BCUT2D eigenvalue weighted by atomic mass is 28.4. The number of aliphatic hydroxyl groups is 1. The average Bonchev–Trinajstić information content (AvgIpc) is 2.65. The van der Waals surface area contributed by atoms with E-state index in [9.17, 15) is 9.90 Å². The molecule has 0 heterocycles. The molecule has 29 heavy (non-hydrogen) atoms. The molecule has 1 N–H and O–H groups in total. The first-order valence-corrected chi connectivity index (χ1v) is 13.3. The molecule has 0 saturated heterocycles. The molecule has 4 atom stereocenters. The van der Waals surface area contributed by atoms with Crippen molar-refractivity contribution >= 4 is 14.3 Å². The molecule has 0 fully saturated rings. The number of carbonyl (C=O) groups is 1. The molecule has 0 aromatic heterocycles. The van der Waals surface area contributed by atoms with Crippen LogP contribution in [0.3, 0.4) is 0 Å². The van der Waals surface area contributed by atoms with Crippen molar-refractivity contribution in [3.05, 3.63) is 29.8 Å². The van der Waals surface area contributed by atoms with Crippen molar-refractivity contribution in [1.82, 2.24) is 0 Å². The van der Waals surface area contributed by atoms with Crippen LogP contribution in [-0.2, 0) is 14.3 Å². The number of esters is 1. The van der Waals surface area contributed by atoms with Crippen LogP contribution in [0.4, 0.5) is 0 Å². The van der Waals surface area contributed by atoms with Crippen LogP contribution in [0.5, 0.6) is 5.75 Å². The van der Waals surface area contributed by atoms with Crippen molar-refractivity contribution < 1.29 is 23.8 Å². The van der Waals surface area contributed by atoms with Crippen LogP contribution in [-0.4, -0.2) is 39.7 Å². The van der Waals surface area contributed by atoms with Crippen molar-refractivity contribution in [3.8, 4) is 5.75 Å². The highest BCUT2D eigenvalue weighted by Gasteiger charge is 2.39. The number of methoxy groups -OCH3 is 2. The molecule has 5 nitrogen and oxygen atoms in total. The van der Waals surface area contributed by atoms with Crippen LogP contribution in [0.2, 0.25) is 18.1 Å². The van der Waals surface area contributed by atoms with Gasteiger partial charge in [0.15, 0.2) is 0 Å². The van der Waals surface area contributed by atoms with E-state index in [0.717, 1.165) is 24.2 Å². The number of aliphatic hydroxyl groups excluding tert-OH is 1. The Kier molecular flexibility index (Phi) is 9.38. The van der Waals surface area contributed by atoms with Gasteiger partial charge >= 0.3 is 5.97 Å². The largest absolute Gasteiger partial charge is 0.543 e. The summed E-state index contributed by atoms with van der Waals surface area (Å²) in [6.07, 6.45) is 0.634. The van der Waals surface area contributed by atoms with Crippen molar-refractivity contribution in [2.45, 2.75) is 77.8 Å². The van der Waals surface area contributed by atoms with Gasteiger partial charge in [-0.05, 0) is 61.5 Å². The summed E-state index contributed by atoms with van der Waals surface area (Å²) in [5.74, 6) is -0.0996. The van der Waals surface area contributed by atoms with Gasteiger partial charge in [0, 0.05) is 7.11 Å². The zero-order valence-electron chi connectivity index (χ0n) is 19.6. The molecule has 0 radical (unpaired) electrons. The molecule has 1 rings (SSSR count). The predicted molar refractivity (Wildman–Crippen MR) is 120 cm³/mol. The molecule has 6 heteroatoms. The maximum atomic E-state index is 11.7. The SMILES string of the molecule is COC(=O)[C@H](C)[C@H](O)[C@@H](C)CC[C@H](OC)c1cccc(O[Si](C)(C)C(C)(C)C)c1. The summed E-state index contributed by atoms with van der Waals surface area (Å²) in [6.45, 7) is 14.8. The third kappa shape index (κ3) is 7.12. The van der Waals surface area contributed by atoms with E-state index < -0.39 is 20.3 Å². The van der Waals surface area contributed by atoms with Gasteiger partial charge in [-0.1, -0.05) is 39.8 Å². The predicted octanol–water partition coefficient (Wildman–Crippen LogP) is 5.34. The van der Waals surface area contributed by atoms with Crippen molar-refractivity contribution in [3.63, 3.8) is 0 Å². The Balaban J connectivity index is 2.82. The number of ether oxygens (including phenoxy) is 2. The van der Waals surface area contributed by atoms with Crippen molar-refractivity contribution in [2.24, 2.45) is 11.8 Å². The molecule has 0 aliphatic rings. The molecule has 0 amide bonds. The number of hydrogen-bond donors (Lipinski definition) is 1. The fourth-order valence-electron chi connectivity index (χ4n) is 3.05. The quantitative estimate of drug-likeness (QED) is 0.405. The number of hydrogen-bond acceptors (Lipinski definition) is 5. The Labute approximate surface area is 177 Å². The first-order chi connectivity index (χ1) is 13.3. The normalized spacial score (nSPS) is 16.6. The summed E-state index contributed by atoms with van der Waals surface area (Å²) in [4.78, 5) is 11.7. The summed E-state index contributed by atoms with van der Waals surface area (Å²) in [5, 5.41) is 10.6. The second-order valence-corrected chi connectivity index (χ2v) is 14.2. The second-order valence-electron chi connectivity index (χ2n) is 9.52. The lowest BCUT2D eigenvalue weighted by atomic mass is 9.88. The van der Waals surface area contributed by atoms with Crippen molar-refractivity contribution in [1.29, 1.82) is 0 Å². The van der Waals surface area contributed by atoms with E-state index in [-0.39, 0.29) is 23.0 Å². The van der Waals surface area contributed by atoms with Crippen LogP contribution >= 0.6 is 0 Å². The highest BCUT2D eigenvalue weighted by molar-refractivity contribution is 6.74. The number of benzene rings is 1. The van der Waals surface area contributed by atoms with Gasteiger partial charge in [0.1, 0.15) is 5.75 Å². The van der Waals surface area contributed by atoms with Gasteiger partial charge in [0.2, 0.25) is 8.32 Å². The zero-order valence-corrected chi connectivity index (χ0v) is 20.6. The van der Waals surface area contributed by atoms with E-state index in [4.69, 9.17) is 13.9 Å². The number of carbonyl (C=O) groups excluding carboxylic acids is 1. The van der Waals surface area contributed by atoms with Crippen LogP contribution in [0.15, 0.2) is 24.3 Å². The smallest absolute Gasteiger partial charge is 0.311 e. The van der Waals surface area contributed by atoms with E-state index in [1.54, 1.807) is 14.0 Å². The summed E-state index contributed by atoms with van der Waals surface area (Å²) in [5.41, 5.74) is 1.06. The summed E-state index contributed by atoms with van der Waals surface area (Å²) < 4.78 is 16.9. The minimum atomic E-state index is -1.91. The van der Waals surface area contributed by atoms with Crippen molar-refractivity contribution in [2.75, 3.05) is 14.2 Å². The van der Waals surface area contributed by atoms with Gasteiger partial charge in [0.05, 0.1) is 25.2 Å². The maximum Gasteiger partial charge on any atom is 0.311 e. The maximum absolute atomic E-state index is 11.7. The molecule has 0 unspecified atom stereocenters. The third-order valence-electron chi connectivity index (χ3n) is 6.25. The van der Waals surface area contributed by atoms with E-state index >= 15 is 0 Å². The Bertz CT molecular complexity index is 653. The van der Waals surface area contributed by atoms with Crippen LogP contribution < -0.4 is 4.43 Å². The van der Waals surface area contributed by atoms with Gasteiger partial charge < -0.3 is 19.0 Å². The Morgan fingerprint density at radius 1 is 1.14 bits per heavy atom. The van der Waals surface area contributed by atoms with Gasteiger partial charge in [-0.2, -0.15) is 0 Å². The lowest BCUT2D eigenvalue weighted by molar-refractivity contribution is -0.149. The lowest BCUT2D eigenvalue weighted by Gasteiger charge is -2.36. The monoisotopic (exact) mass is 424 g/mol. The van der Waals surface area contributed by atoms with E-state index in [1.807, 2.05) is 25.1 Å². The molecular weight excluding hydrogens is 384 g/mol. The average molecular weight is 425 g/mol. The van der Waals surface area contributed by atoms with Crippen LogP contribution in [0.25, 0.3) is 0 Å². The molecule has 0 saturated carbocycles. The summed E-state index contributed by atoms with van der Waals surface area (Å²) in [7, 11) is 1.13. The Morgan fingerprint density at radius 2 is 1.76 bits per heavy atom. The Morgan fingerprint density at radius 3 is 2.28 bits per heavy atom. The standard InChI is InChI=1S/C23H40O5Si/c1-16(21(24)17(2)22(25)27-7)13-14-20(26-6)18-11-10-12-19(15-18)28-29(8,9)23(3,4)5/h10-12,15-17,20-21,24H,13-14H2,1-9H3/t16-,17+,20-,21+/m0/s1. The fourth-order valence-corrected chi connectivity index (χ4v) is 4.07. The third-order valence-corrected chi connectivity index (χ3v) is 10.6. The molecular formula is C23H40O5Si. The lowest BCUT2D eigenvalue weighted by Crippen LogP contribution is -2.43. The molecule has 166 valence electrons. The van der Waals surface area contributed by atoms with Gasteiger partial charge in [-0.3, -0.25) is 4.79 Å². The summed E-state index contributed by atoms with van der Waals surface area (Å²) >= 11 is 0. The first-order valence-electron chi connectivity index (χ1n) is 10.4. The molecule has 1 aromatic carbocycles. The van der Waals surface area contributed by atoms with E-state index in [2.05, 4.69) is 39.9 Å². The van der Waals surface area contributed by atoms with Gasteiger partial charge in [0.25, 0.3) is 0 Å². The topological polar surface area (TPSA) is 65.0 Å². The molecule has 1 aromatic rings. The van der Waals surface area contributed by atoms with E-state index in [0.29, 0.717) is 0 Å². The fraction of sp³-hybridized carbons (Fsp3) is 0.696. The van der Waals surface area contributed by atoms with Gasteiger partial charge in [-0.25, -0.2) is 0 Å². The summed E-state index contributed by atoms with van der Waals surface area (Å²) in [6, 6.07) is 8.11. The second kappa shape index (κ2) is 10.6. The van der Waals surface area contributed by atoms with Gasteiger partial charge in [-0.15, -0.1) is 0 Å². The minimum absolute atomic E-state index is 0.0478. The highest BCUT2D eigenvalue weighted by Crippen LogP contribution is 2.38. The number of rotatable bonds is 10. The minimum Gasteiger partial charge on any atom is -0.543 e. The van der Waals surface area contributed by atoms with Crippen LogP contribution in [0.1, 0.15) is 59.1 Å². The molecule has 0 bridgehead atoms. The molecule has 0 aliphatic carbocycles. The van der Waals surface area contributed by atoms with E-state index in [1.165, 1.54) is 7.11 Å². The van der Waals surface area contributed by atoms with Crippen LogP contribution in [0, 0.1) is 11.8 Å². The first kappa shape index (κ1) is 25.7. The molecule has 0 spiro atoms.